The molecule has 2 saturated heterocycles. The zero-order valence-corrected chi connectivity index (χ0v) is 15.3. The number of pyridine rings is 1. The lowest BCUT2D eigenvalue weighted by atomic mass is 9.84. The molecule has 2 aliphatic heterocycles. The number of piperidine rings is 1. The van der Waals surface area contributed by atoms with Gasteiger partial charge in [-0.3, -0.25) is 20.6 Å². The van der Waals surface area contributed by atoms with Crippen molar-refractivity contribution in [1.82, 2.24) is 20.7 Å². The number of carbonyl (C=O) groups excluding carboxylic acids is 1. The van der Waals surface area contributed by atoms with Gasteiger partial charge in [0.25, 0.3) is 0 Å². The van der Waals surface area contributed by atoms with Crippen molar-refractivity contribution in [3.63, 3.8) is 0 Å². The van der Waals surface area contributed by atoms with Crippen LogP contribution in [0.15, 0.2) is 48.8 Å². The molecular formula is C21H25FN4O. The molecule has 4 rings (SSSR count). The number of likely N-dealkylation sites (tertiary alicyclic amines) is 1. The van der Waals surface area contributed by atoms with Gasteiger partial charge in [-0.1, -0.05) is 12.1 Å². The van der Waals surface area contributed by atoms with Crippen LogP contribution >= 0.6 is 0 Å². The van der Waals surface area contributed by atoms with Crippen LogP contribution in [0.4, 0.5) is 4.39 Å². The molecule has 0 saturated carbocycles. The van der Waals surface area contributed by atoms with Crippen molar-refractivity contribution in [3.8, 4) is 0 Å². The zero-order chi connectivity index (χ0) is 18.6. The van der Waals surface area contributed by atoms with Gasteiger partial charge in [0, 0.05) is 43.5 Å². The molecule has 3 unspecified atom stereocenters. The Bertz CT molecular complexity index is 768. The summed E-state index contributed by atoms with van der Waals surface area (Å²) in [5.74, 6) is 0.147. The maximum atomic E-state index is 13.1. The summed E-state index contributed by atoms with van der Waals surface area (Å²) in [6.45, 7) is 1.62. The molecule has 3 heterocycles. The molecule has 5 nitrogen and oxygen atoms in total. The summed E-state index contributed by atoms with van der Waals surface area (Å²) in [7, 11) is 0. The standard InChI is InChI=1S/C21H25FN4O/c22-17-6-4-15(5-7-17)13-20(27)26-12-2-1-3-19(26)21-18(14-24-25-21)16-8-10-23-11-9-16/h4-11,18-19,21,24-25H,1-3,12-14H2. The Morgan fingerprint density at radius 3 is 2.70 bits per heavy atom. The normalized spacial score (nSPS) is 25.5. The molecule has 6 heteroatoms. The molecule has 2 aromatic rings. The van der Waals surface area contributed by atoms with Gasteiger partial charge >= 0.3 is 0 Å². The Morgan fingerprint density at radius 1 is 1.15 bits per heavy atom. The minimum Gasteiger partial charge on any atom is -0.338 e. The summed E-state index contributed by atoms with van der Waals surface area (Å²) in [6, 6.07) is 10.7. The number of rotatable bonds is 4. The highest BCUT2D eigenvalue weighted by atomic mass is 19.1. The molecule has 0 spiro atoms. The number of hydrazine groups is 1. The van der Waals surface area contributed by atoms with Crippen molar-refractivity contribution < 1.29 is 9.18 Å². The number of nitrogens with one attached hydrogen (secondary N) is 2. The lowest BCUT2D eigenvalue weighted by Gasteiger charge is -2.41. The van der Waals surface area contributed by atoms with E-state index in [9.17, 15) is 9.18 Å². The van der Waals surface area contributed by atoms with Crippen LogP contribution in [0.3, 0.4) is 0 Å². The monoisotopic (exact) mass is 368 g/mol. The van der Waals surface area contributed by atoms with E-state index in [1.807, 2.05) is 17.3 Å². The van der Waals surface area contributed by atoms with Crippen molar-refractivity contribution in [2.45, 2.75) is 43.7 Å². The summed E-state index contributed by atoms with van der Waals surface area (Å²) in [4.78, 5) is 19.2. The Kier molecular flexibility index (Phi) is 5.45. The van der Waals surface area contributed by atoms with E-state index in [1.54, 1.807) is 12.1 Å². The van der Waals surface area contributed by atoms with Crippen LogP contribution in [0.1, 0.15) is 36.3 Å². The number of benzene rings is 1. The molecule has 1 amide bonds. The molecule has 2 fully saturated rings. The Morgan fingerprint density at radius 2 is 1.93 bits per heavy atom. The third-order valence-electron chi connectivity index (χ3n) is 5.71. The number of hydrogen-bond donors (Lipinski definition) is 2. The minimum absolute atomic E-state index is 0.119. The maximum Gasteiger partial charge on any atom is 0.227 e. The van der Waals surface area contributed by atoms with E-state index in [2.05, 4.69) is 28.0 Å². The second-order valence-electron chi connectivity index (χ2n) is 7.39. The van der Waals surface area contributed by atoms with Gasteiger partial charge in [-0.05, 0) is 54.7 Å². The molecule has 0 aliphatic carbocycles. The fraction of sp³-hybridized carbons (Fsp3) is 0.429. The van der Waals surface area contributed by atoms with Gasteiger partial charge in [0.05, 0.1) is 6.42 Å². The van der Waals surface area contributed by atoms with Crippen molar-refractivity contribution in [2.75, 3.05) is 13.1 Å². The molecular weight excluding hydrogens is 343 g/mol. The number of aromatic nitrogens is 1. The van der Waals surface area contributed by atoms with Crippen molar-refractivity contribution >= 4 is 5.91 Å². The number of halogens is 1. The Labute approximate surface area is 159 Å². The second-order valence-corrected chi connectivity index (χ2v) is 7.39. The topological polar surface area (TPSA) is 57.3 Å². The summed E-state index contributed by atoms with van der Waals surface area (Å²) in [5, 5.41) is 0. The molecule has 142 valence electrons. The van der Waals surface area contributed by atoms with E-state index in [4.69, 9.17) is 0 Å². The first kappa shape index (κ1) is 18.1. The van der Waals surface area contributed by atoms with Crippen LogP contribution in [-0.4, -0.2) is 41.0 Å². The van der Waals surface area contributed by atoms with Gasteiger partial charge in [-0.2, -0.15) is 0 Å². The lowest BCUT2D eigenvalue weighted by molar-refractivity contribution is -0.135. The van der Waals surface area contributed by atoms with Gasteiger partial charge in [-0.25, -0.2) is 4.39 Å². The maximum absolute atomic E-state index is 13.1. The van der Waals surface area contributed by atoms with Crippen LogP contribution in [0.25, 0.3) is 0 Å². The van der Waals surface area contributed by atoms with Crippen molar-refractivity contribution in [1.29, 1.82) is 0 Å². The number of carbonyl (C=O) groups is 1. The number of nitrogens with zero attached hydrogens (tertiary/aromatic N) is 2. The number of hydrogen-bond acceptors (Lipinski definition) is 4. The highest BCUT2D eigenvalue weighted by Gasteiger charge is 2.40. The molecule has 27 heavy (non-hydrogen) atoms. The first-order valence-corrected chi connectivity index (χ1v) is 9.64. The molecule has 2 N–H and O–H groups in total. The molecule has 0 bridgehead atoms. The van der Waals surface area contributed by atoms with Gasteiger partial charge < -0.3 is 4.90 Å². The van der Waals surface area contributed by atoms with Crippen LogP contribution in [0.2, 0.25) is 0 Å². The number of amides is 1. The van der Waals surface area contributed by atoms with Gasteiger partial charge in [0.15, 0.2) is 0 Å². The molecule has 0 radical (unpaired) electrons. The summed E-state index contributed by atoms with van der Waals surface area (Å²) >= 11 is 0. The van der Waals surface area contributed by atoms with Crippen molar-refractivity contribution in [2.24, 2.45) is 0 Å². The van der Waals surface area contributed by atoms with Crippen LogP contribution in [0, 0.1) is 5.82 Å². The lowest BCUT2D eigenvalue weighted by Crippen LogP contribution is -2.55. The molecule has 3 atom stereocenters. The van der Waals surface area contributed by atoms with Crippen LogP contribution in [0.5, 0.6) is 0 Å². The van der Waals surface area contributed by atoms with Crippen molar-refractivity contribution in [3.05, 3.63) is 65.7 Å². The third-order valence-corrected chi connectivity index (χ3v) is 5.71. The SMILES string of the molecule is O=C(Cc1ccc(F)cc1)N1CCCCC1C1NNCC1c1ccncc1. The Balaban J connectivity index is 1.51. The van der Waals surface area contributed by atoms with E-state index >= 15 is 0 Å². The highest BCUT2D eigenvalue weighted by molar-refractivity contribution is 5.79. The first-order chi connectivity index (χ1) is 13.2. The summed E-state index contributed by atoms with van der Waals surface area (Å²) < 4.78 is 13.1. The van der Waals surface area contributed by atoms with Gasteiger partial charge in [0.1, 0.15) is 5.82 Å². The van der Waals surface area contributed by atoms with E-state index in [0.717, 1.165) is 37.9 Å². The molecule has 1 aromatic heterocycles. The second kappa shape index (κ2) is 8.15. The fourth-order valence-corrected chi connectivity index (χ4v) is 4.33. The summed E-state index contributed by atoms with van der Waals surface area (Å²) in [6.07, 6.45) is 7.12. The largest absolute Gasteiger partial charge is 0.338 e. The minimum atomic E-state index is -0.275. The van der Waals surface area contributed by atoms with E-state index < -0.39 is 0 Å². The smallest absolute Gasteiger partial charge is 0.227 e. The van der Waals surface area contributed by atoms with Crippen LogP contribution in [-0.2, 0) is 11.2 Å². The quantitative estimate of drug-likeness (QED) is 0.870. The predicted molar refractivity (Wildman–Crippen MR) is 101 cm³/mol. The molecule has 1 aromatic carbocycles. The highest BCUT2D eigenvalue weighted by Crippen LogP contribution is 2.31. The Hall–Kier alpha value is -2.31. The van der Waals surface area contributed by atoms with E-state index in [-0.39, 0.29) is 23.8 Å². The summed E-state index contributed by atoms with van der Waals surface area (Å²) in [5.41, 5.74) is 8.80. The predicted octanol–water partition coefficient (Wildman–Crippen LogP) is 2.40. The van der Waals surface area contributed by atoms with E-state index in [1.165, 1.54) is 17.7 Å². The molecule has 2 aliphatic rings. The van der Waals surface area contributed by atoms with Gasteiger partial charge in [0.2, 0.25) is 5.91 Å². The van der Waals surface area contributed by atoms with Crippen LogP contribution < -0.4 is 10.9 Å². The fourth-order valence-electron chi connectivity index (χ4n) is 4.33. The van der Waals surface area contributed by atoms with E-state index in [0.29, 0.717) is 12.3 Å². The average Bonchev–Trinajstić information content (AvgIpc) is 3.20. The zero-order valence-electron chi connectivity index (χ0n) is 15.3. The van der Waals surface area contributed by atoms with Gasteiger partial charge in [-0.15, -0.1) is 0 Å². The first-order valence-electron chi connectivity index (χ1n) is 9.64. The third kappa shape index (κ3) is 4.01. The average molecular weight is 368 g/mol.